The number of hydrogen-bond donors (Lipinski definition) is 1. The van der Waals surface area contributed by atoms with Gasteiger partial charge < -0.3 is 20.1 Å². The lowest BCUT2D eigenvalue weighted by Crippen LogP contribution is -2.35. The number of fused-ring (bicyclic) bond motifs is 2. The summed E-state index contributed by atoms with van der Waals surface area (Å²) in [4.78, 5) is 14.7. The Morgan fingerprint density at radius 2 is 1.95 bits per heavy atom. The van der Waals surface area contributed by atoms with Crippen molar-refractivity contribution in [1.29, 1.82) is 0 Å². The first-order valence-electron chi connectivity index (χ1n) is 7.32. The van der Waals surface area contributed by atoms with Crippen molar-refractivity contribution < 1.29 is 14.3 Å². The van der Waals surface area contributed by atoms with Crippen LogP contribution in [0.2, 0.25) is 0 Å². The first-order valence-corrected chi connectivity index (χ1v) is 7.32. The topological polar surface area (TPSA) is 64.8 Å². The molecule has 0 saturated heterocycles. The van der Waals surface area contributed by atoms with E-state index in [0.29, 0.717) is 29.3 Å². The molecule has 0 aromatic heterocycles. The van der Waals surface area contributed by atoms with Gasteiger partial charge in [-0.2, -0.15) is 0 Å². The van der Waals surface area contributed by atoms with Crippen molar-refractivity contribution in [3.8, 4) is 11.5 Å². The number of ether oxygens (including phenoxy) is 2. The molecular formula is C17H16N2O3. The molecule has 2 aromatic carbocycles. The van der Waals surface area contributed by atoms with Crippen molar-refractivity contribution >= 4 is 17.3 Å². The smallest absolute Gasteiger partial charge is 0.258 e. The molecule has 0 spiro atoms. The van der Waals surface area contributed by atoms with Gasteiger partial charge in [0.1, 0.15) is 0 Å². The highest BCUT2D eigenvalue weighted by Gasteiger charge is 2.25. The van der Waals surface area contributed by atoms with E-state index in [1.54, 1.807) is 23.1 Å². The zero-order valence-corrected chi connectivity index (χ0v) is 12.0. The van der Waals surface area contributed by atoms with Gasteiger partial charge >= 0.3 is 0 Å². The molecule has 2 heterocycles. The second kappa shape index (κ2) is 4.94. The zero-order chi connectivity index (χ0) is 15.1. The predicted molar refractivity (Wildman–Crippen MR) is 83.4 cm³/mol. The summed E-state index contributed by atoms with van der Waals surface area (Å²) in [6.45, 7) is 0.903. The fourth-order valence-corrected chi connectivity index (χ4v) is 2.99. The third-order valence-electron chi connectivity index (χ3n) is 4.09. The van der Waals surface area contributed by atoms with Gasteiger partial charge in [-0.1, -0.05) is 6.07 Å². The number of nitrogen functional groups attached to an aromatic ring is 1. The van der Waals surface area contributed by atoms with E-state index in [-0.39, 0.29) is 12.7 Å². The average molecular weight is 296 g/mol. The fourth-order valence-electron chi connectivity index (χ4n) is 2.99. The molecule has 112 valence electrons. The van der Waals surface area contributed by atoms with E-state index in [4.69, 9.17) is 15.2 Å². The largest absolute Gasteiger partial charge is 0.454 e. The second-order valence-electron chi connectivity index (χ2n) is 5.52. The SMILES string of the molecule is Nc1ccc2c(c1)N(C(=O)c1ccc3c(c1)OCO3)CCC2. The van der Waals surface area contributed by atoms with Crippen LogP contribution in [0, 0.1) is 0 Å². The Bertz CT molecular complexity index is 758. The third-order valence-corrected chi connectivity index (χ3v) is 4.09. The second-order valence-corrected chi connectivity index (χ2v) is 5.52. The molecule has 0 fully saturated rings. The summed E-state index contributed by atoms with van der Waals surface area (Å²) in [5, 5.41) is 0. The molecule has 0 bridgehead atoms. The van der Waals surface area contributed by atoms with Crippen LogP contribution in [0.5, 0.6) is 11.5 Å². The molecule has 0 aliphatic carbocycles. The number of carbonyl (C=O) groups excluding carboxylic acids is 1. The monoisotopic (exact) mass is 296 g/mol. The summed E-state index contributed by atoms with van der Waals surface area (Å²) in [5.41, 5.74) is 9.22. The number of rotatable bonds is 1. The molecular weight excluding hydrogens is 280 g/mol. The number of carbonyl (C=O) groups is 1. The minimum absolute atomic E-state index is 0.0372. The van der Waals surface area contributed by atoms with Gasteiger partial charge in [0.25, 0.3) is 5.91 Å². The number of benzene rings is 2. The number of nitrogens with two attached hydrogens (primary N) is 1. The number of anilines is 2. The molecule has 2 aliphatic heterocycles. The lowest BCUT2D eigenvalue weighted by Gasteiger charge is -2.30. The first-order chi connectivity index (χ1) is 10.7. The Balaban J connectivity index is 1.71. The summed E-state index contributed by atoms with van der Waals surface area (Å²) >= 11 is 0. The molecule has 22 heavy (non-hydrogen) atoms. The summed E-state index contributed by atoms with van der Waals surface area (Å²) in [6, 6.07) is 11.1. The van der Waals surface area contributed by atoms with Crippen molar-refractivity contribution in [2.24, 2.45) is 0 Å². The Morgan fingerprint density at radius 3 is 2.86 bits per heavy atom. The number of aryl methyl sites for hydroxylation is 1. The lowest BCUT2D eigenvalue weighted by molar-refractivity contribution is 0.0984. The lowest BCUT2D eigenvalue weighted by atomic mass is 10.00. The highest BCUT2D eigenvalue weighted by atomic mass is 16.7. The van der Waals surface area contributed by atoms with Crippen LogP contribution in [-0.2, 0) is 6.42 Å². The van der Waals surface area contributed by atoms with E-state index < -0.39 is 0 Å². The molecule has 2 N–H and O–H groups in total. The van der Waals surface area contributed by atoms with Gasteiger partial charge in [-0.25, -0.2) is 0 Å². The molecule has 0 unspecified atom stereocenters. The Hall–Kier alpha value is -2.69. The van der Waals surface area contributed by atoms with Crippen LogP contribution in [0.1, 0.15) is 22.3 Å². The van der Waals surface area contributed by atoms with E-state index in [2.05, 4.69) is 0 Å². The summed E-state index contributed by atoms with van der Waals surface area (Å²) in [5.74, 6) is 1.26. The fraction of sp³-hybridized carbons (Fsp3) is 0.235. The standard InChI is InChI=1S/C17H16N2O3/c18-13-5-3-11-2-1-7-19(14(11)9-13)17(20)12-4-6-15-16(8-12)22-10-21-15/h3-6,8-9H,1-2,7,10,18H2. The summed E-state index contributed by atoms with van der Waals surface area (Å²) < 4.78 is 10.6. The van der Waals surface area contributed by atoms with Crippen molar-refractivity contribution in [3.05, 3.63) is 47.5 Å². The van der Waals surface area contributed by atoms with Crippen molar-refractivity contribution in [1.82, 2.24) is 0 Å². The van der Waals surface area contributed by atoms with E-state index in [9.17, 15) is 4.79 Å². The van der Waals surface area contributed by atoms with Crippen LogP contribution >= 0.6 is 0 Å². The van der Waals surface area contributed by atoms with Crippen LogP contribution < -0.4 is 20.1 Å². The number of nitrogens with zero attached hydrogens (tertiary/aromatic N) is 1. The minimum Gasteiger partial charge on any atom is -0.454 e. The highest BCUT2D eigenvalue weighted by Crippen LogP contribution is 2.35. The molecule has 0 saturated carbocycles. The van der Waals surface area contributed by atoms with Crippen molar-refractivity contribution in [3.63, 3.8) is 0 Å². The van der Waals surface area contributed by atoms with Gasteiger partial charge in [0, 0.05) is 23.5 Å². The molecule has 0 radical (unpaired) electrons. The molecule has 5 heteroatoms. The maximum atomic E-state index is 12.9. The van der Waals surface area contributed by atoms with Gasteiger partial charge in [-0.05, 0) is 48.7 Å². The Labute approximate surface area is 128 Å². The summed E-state index contributed by atoms with van der Waals surface area (Å²) in [7, 11) is 0. The van der Waals surface area contributed by atoms with E-state index in [1.165, 1.54) is 0 Å². The molecule has 1 amide bonds. The van der Waals surface area contributed by atoms with Gasteiger partial charge in [-0.3, -0.25) is 4.79 Å². The summed E-state index contributed by atoms with van der Waals surface area (Å²) in [6.07, 6.45) is 1.92. The number of amides is 1. The van der Waals surface area contributed by atoms with Gasteiger partial charge in [-0.15, -0.1) is 0 Å². The van der Waals surface area contributed by atoms with Crippen molar-refractivity contribution in [2.75, 3.05) is 24.0 Å². The maximum Gasteiger partial charge on any atom is 0.258 e. The first kappa shape index (κ1) is 13.0. The third kappa shape index (κ3) is 2.06. The van der Waals surface area contributed by atoms with Gasteiger partial charge in [0.15, 0.2) is 11.5 Å². The predicted octanol–water partition coefficient (Wildman–Crippen LogP) is 2.59. The van der Waals surface area contributed by atoms with E-state index >= 15 is 0 Å². The normalized spacial score (nSPS) is 15.5. The van der Waals surface area contributed by atoms with Crippen LogP contribution in [0.15, 0.2) is 36.4 Å². The van der Waals surface area contributed by atoms with E-state index in [1.807, 2.05) is 18.2 Å². The van der Waals surface area contributed by atoms with Crippen LogP contribution in [0.3, 0.4) is 0 Å². The Morgan fingerprint density at radius 1 is 1.09 bits per heavy atom. The van der Waals surface area contributed by atoms with Gasteiger partial charge in [0.05, 0.1) is 0 Å². The molecule has 4 rings (SSSR count). The maximum absolute atomic E-state index is 12.9. The van der Waals surface area contributed by atoms with Crippen LogP contribution in [0.4, 0.5) is 11.4 Å². The highest BCUT2D eigenvalue weighted by molar-refractivity contribution is 6.07. The quantitative estimate of drug-likeness (QED) is 0.822. The van der Waals surface area contributed by atoms with E-state index in [0.717, 1.165) is 24.1 Å². The number of hydrogen-bond acceptors (Lipinski definition) is 4. The minimum atomic E-state index is -0.0372. The Kier molecular flexibility index (Phi) is 2.92. The van der Waals surface area contributed by atoms with Crippen LogP contribution in [-0.4, -0.2) is 19.2 Å². The molecule has 0 atom stereocenters. The zero-order valence-electron chi connectivity index (χ0n) is 12.0. The molecule has 2 aromatic rings. The van der Waals surface area contributed by atoms with Gasteiger partial charge in [0.2, 0.25) is 6.79 Å². The molecule has 2 aliphatic rings. The van der Waals surface area contributed by atoms with Crippen LogP contribution in [0.25, 0.3) is 0 Å². The molecule has 5 nitrogen and oxygen atoms in total. The average Bonchev–Trinajstić information content (AvgIpc) is 3.01. The van der Waals surface area contributed by atoms with Crippen molar-refractivity contribution in [2.45, 2.75) is 12.8 Å².